The van der Waals surface area contributed by atoms with E-state index in [9.17, 15) is 9.59 Å². The van der Waals surface area contributed by atoms with Gasteiger partial charge in [-0.15, -0.1) is 0 Å². The maximum absolute atomic E-state index is 11.8. The molecule has 0 aliphatic heterocycles. The Morgan fingerprint density at radius 1 is 1.24 bits per heavy atom. The molecule has 2 aromatic rings. The third kappa shape index (κ3) is 3.82. The highest BCUT2D eigenvalue weighted by Crippen LogP contribution is 2.14. The van der Waals surface area contributed by atoms with E-state index >= 15 is 0 Å². The predicted molar refractivity (Wildman–Crippen MR) is 81.0 cm³/mol. The fourth-order valence-electron chi connectivity index (χ4n) is 1.88. The van der Waals surface area contributed by atoms with E-state index in [1.807, 2.05) is 25.1 Å². The normalized spacial score (nSPS) is 10.6. The molecule has 108 valence electrons. The summed E-state index contributed by atoms with van der Waals surface area (Å²) in [5.74, 6) is -0.734. The molecule has 1 amide bonds. The highest BCUT2D eigenvalue weighted by molar-refractivity contribution is 6.03. The minimum Gasteiger partial charge on any atom is -0.464 e. The number of aromatic nitrogens is 1. The van der Waals surface area contributed by atoms with Gasteiger partial charge in [-0.25, -0.2) is 4.79 Å². The van der Waals surface area contributed by atoms with Gasteiger partial charge in [0.05, 0.1) is 7.11 Å². The highest BCUT2D eigenvalue weighted by atomic mass is 16.5. The molecule has 0 bridgehead atoms. The van der Waals surface area contributed by atoms with Gasteiger partial charge in [0.2, 0.25) is 5.91 Å². The van der Waals surface area contributed by atoms with Gasteiger partial charge in [-0.3, -0.25) is 4.79 Å². The molecule has 1 aromatic heterocycles. The maximum atomic E-state index is 11.8. The van der Waals surface area contributed by atoms with Gasteiger partial charge in [-0.1, -0.05) is 18.2 Å². The lowest BCUT2D eigenvalue weighted by Gasteiger charge is -2.01. The number of rotatable bonds is 4. The zero-order chi connectivity index (χ0) is 15.2. The van der Waals surface area contributed by atoms with Crippen molar-refractivity contribution in [3.8, 4) is 0 Å². The van der Waals surface area contributed by atoms with Crippen LogP contribution in [-0.2, 0) is 9.53 Å². The van der Waals surface area contributed by atoms with Gasteiger partial charge < -0.3 is 15.0 Å². The van der Waals surface area contributed by atoms with Crippen molar-refractivity contribution in [3.63, 3.8) is 0 Å². The Morgan fingerprint density at radius 2 is 1.95 bits per heavy atom. The largest absolute Gasteiger partial charge is 0.464 e. The zero-order valence-electron chi connectivity index (χ0n) is 11.8. The monoisotopic (exact) mass is 284 g/mol. The number of hydrogen-bond acceptors (Lipinski definition) is 3. The van der Waals surface area contributed by atoms with E-state index in [1.54, 1.807) is 24.3 Å². The van der Waals surface area contributed by atoms with Crippen LogP contribution in [0.4, 0.5) is 5.69 Å². The molecule has 0 radical (unpaired) electrons. The van der Waals surface area contributed by atoms with E-state index in [4.69, 9.17) is 0 Å². The molecule has 5 heteroatoms. The van der Waals surface area contributed by atoms with Crippen molar-refractivity contribution in [2.45, 2.75) is 6.92 Å². The van der Waals surface area contributed by atoms with E-state index in [1.165, 1.54) is 13.2 Å². The second-order valence-electron chi connectivity index (χ2n) is 4.46. The van der Waals surface area contributed by atoms with Gasteiger partial charge in [-0.2, -0.15) is 0 Å². The van der Waals surface area contributed by atoms with Crippen LogP contribution in [0.25, 0.3) is 6.08 Å². The topological polar surface area (TPSA) is 71.2 Å². The molecule has 0 saturated carbocycles. The summed E-state index contributed by atoms with van der Waals surface area (Å²) in [6.45, 7) is 1.83. The molecule has 2 rings (SSSR count). The van der Waals surface area contributed by atoms with Gasteiger partial charge in [0.25, 0.3) is 0 Å². The average Bonchev–Trinajstić information content (AvgIpc) is 2.86. The number of aryl methyl sites for hydroxylation is 1. The number of hydrogen-bond donors (Lipinski definition) is 2. The second kappa shape index (κ2) is 6.56. The predicted octanol–water partition coefficient (Wildman–Crippen LogP) is 2.76. The smallest absolute Gasteiger partial charge is 0.355 e. The fraction of sp³-hybridized carbons (Fsp3) is 0.125. The van der Waals surface area contributed by atoms with Crippen molar-refractivity contribution in [3.05, 3.63) is 59.4 Å². The number of esters is 1. The summed E-state index contributed by atoms with van der Waals surface area (Å²) in [5.41, 5.74) is 2.48. The van der Waals surface area contributed by atoms with Crippen LogP contribution in [0.5, 0.6) is 0 Å². The average molecular weight is 284 g/mol. The van der Waals surface area contributed by atoms with E-state index in [0.717, 1.165) is 5.69 Å². The summed E-state index contributed by atoms with van der Waals surface area (Å²) < 4.78 is 4.69. The SMILES string of the molecule is COC(=O)c1[nH]c(C)cc1/C=C/C(=O)Nc1ccccc1. The van der Waals surface area contributed by atoms with Crippen molar-refractivity contribution in [2.24, 2.45) is 0 Å². The van der Waals surface area contributed by atoms with Crippen LogP contribution >= 0.6 is 0 Å². The molecular weight excluding hydrogens is 268 g/mol. The third-order valence-corrected chi connectivity index (χ3v) is 2.83. The standard InChI is InChI=1S/C16H16N2O3/c1-11-10-12(15(17-11)16(20)21-2)8-9-14(19)18-13-6-4-3-5-7-13/h3-10,17H,1-2H3,(H,18,19)/b9-8+. The number of amides is 1. The van der Waals surface area contributed by atoms with Gasteiger partial charge in [0.15, 0.2) is 0 Å². The Morgan fingerprint density at radius 3 is 2.62 bits per heavy atom. The van der Waals surface area contributed by atoms with E-state index < -0.39 is 5.97 Å². The van der Waals surface area contributed by atoms with Crippen LogP contribution in [0.2, 0.25) is 0 Å². The molecule has 21 heavy (non-hydrogen) atoms. The lowest BCUT2D eigenvalue weighted by Crippen LogP contribution is -2.08. The fourth-order valence-corrected chi connectivity index (χ4v) is 1.88. The summed E-state index contributed by atoms with van der Waals surface area (Å²) in [6, 6.07) is 10.9. The van der Waals surface area contributed by atoms with Crippen molar-refractivity contribution < 1.29 is 14.3 Å². The Labute approximate surface area is 122 Å². The van der Waals surface area contributed by atoms with Crippen LogP contribution in [0.1, 0.15) is 21.7 Å². The minimum atomic E-state index is -0.466. The lowest BCUT2D eigenvalue weighted by molar-refractivity contribution is -0.111. The summed E-state index contributed by atoms with van der Waals surface area (Å²) in [6.07, 6.45) is 2.95. The number of aromatic amines is 1. The first-order valence-electron chi connectivity index (χ1n) is 6.42. The van der Waals surface area contributed by atoms with Gasteiger partial charge in [-0.05, 0) is 31.2 Å². The van der Waals surface area contributed by atoms with E-state index in [2.05, 4.69) is 15.0 Å². The first-order valence-corrected chi connectivity index (χ1v) is 6.42. The van der Waals surface area contributed by atoms with Crippen molar-refractivity contribution in [1.29, 1.82) is 0 Å². The van der Waals surface area contributed by atoms with Crippen LogP contribution in [-0.4, -0.2) is 24.0 Å². The van der Waals surface area contributed by atoms with Crippen LogP contribution in [0.15, 0.2) is 42.5 Å². The lowest BCUT2D eigenvalue weighted by atomic mass is 10.2. The third-order valence-electron chi connectivity index (χ3n) is 2.83. The number of anilines is 1. The Balaban J connectivity index is 2.10. The molecule has 1 aromatic carbocycles. The molecule has 5 nitrogen and oxygen atoms in total. The number of benzene rings is 1. The van der Waals surface area contributed by atoms with Crippen molar-refractivity contribution >= 4 is 23.6 Å². The molecule has 0 saturated heterocycles. The minimum absolute atomic E-state index is 0.268. The first kappa shape index (κ1) is 14.6. The molecule has 0 atom stereocenters. The summed E-state index contributed by atoms with van der Waals surface area (Å²) in [7, 11) is 1.31. The first-order chi connectivity index (χ1) is 10.1. The zero-order valence-corrected chi connectivity index (χ0v) is 11.8. The van der Waals surface area contributed by atoms with E-state index in [-0.39, 0.29) is 5.91 Å². The number of H-pyrrole nitrogens is 1. The molecular formula is C16H16N2O3. The van der Waals surface area contributed by atoms with Crippen LogP contribution in [0.3, 0.4) is 0 Å². The number of carbonyl (C=O) groups is 2. The van der Waals surface area contributed by atoms with E-state index in [0.29, 0.717) is 16.9 Å². The van der Waals surface area contributed by atoms with Gasteiger partial charge in [0.1, 0.15) is 5.69 Å². The van der Waals surface area contributed by atoms with Crippen molar-refractivity contribution in [2.75, 3.05) is 12.4 Å². The number of ether oxygens (including phenoxy) is 1. The quantitative estimate of drug-likeness (QED) is 0.670. The molecule has 1 heterocycles. The van der Waals surface area contributed by atoms with Gasteiger partial charge >= 0.3 is 5.97 Å². The number of methoxy groups -OCH3 is 1. The number of carbonyl (C=O) groups excluding carboxylic acids is 2. The maximum Gasteiger partial charge on any atom is 0.355 e. The molecule has 0 unspecified atom stereocenters. The summed E-state index contributed by atoms with van der Waals surface area (Å²) in [4.78, 5) is 26.3. The second-order valence-corrected chi connectivity index (χ2v) is 4.46. The van der Waals surface area contributed by atoms with Crippen molar-refractivity contribution in [1.82, 2.24) is 4.98 Å². The number of nitrogens with one attached hydrogen (secondary N) is 2. The van der Waals surface area contributed by atoms with Gasteiger partial charge in [0, 0.05) is 23.0 Å². The van der Waals surface area contributed by atoms with Crippen LogP contribution < -0.4 is 5.32 Å². The summed E-state index contributed by atoms with van der Waals surface area (Å²) >= 11 is 0. The molecule has 0 aliphatic carbocycles. The Hall–Kier alpha value is -2.82. The Kier molecular flexibility index (Phi) is 4.56. The highest BCUT2D eigenvalue weighted by Gasteiger charge is 2.12. The summed E-state index contributed by atoms with van der Waals surface area (Å²) in [5, 5.41) is 2.73. The molecule has 0 fully saturated rings. The molecule has 0 aliphatic rings. The molecule has 2 N–H and O–H groups in total. The molecule has 0 spiro atoms. The van der Waals surface area contributed by atoms with Crippen LogP contribution in [0, 0.1) is 6.92 Å². The number of para-hydroxylation sites is 1. The Bertz CT molecular complexity index is 672.